The molecule has 0 unspecified atom stereocenters. The lowest BCUT2D eigenvalue weighted by Gasteiger charge is -2.40. The highest BCUT2D eigenvalue weighted by Crippen LogP contribution is 2.48. The van der Waals surface area contributed by atoms with Gasteiger partial charge in [-0.2, -0.15) is 5.10 Å². The van der Waals surface area contributed by atoms with Crippen LogP contribution in [0.25, 0.3) is 6.08 Å². The van der Waals surface area contributed by atoms with Crippen LogP contribution in [0, 0.1) is 5.82 Å². The van der Waals surface area contributed by atoms with Gasteiger partial charge in [0.15, 0.2) is 0 Å². The fraction of sp³-hybridized carbons (Fsp3) is 0.237. The summed E-state index contributed by atoms with van der Waals surface area (Å²) in [6.45, 7) is 0.442. The number of nitrogens with one attached hydrogen (secondary N) is 1. The highest BCUT2D eigenvalue weighted by Gasteiger charge is 2.44. The summed E-state index contributed by atoms with van der Waals surface area (Å²) in [5, 5.41) is 7.52. The third-order valence-electron chi connectivity index (χ3n) is 9.16. The first-order chi connectivity index (χ1) is 21.2. The molecule has 2 aliphatic carbocycles. The Balaban J connectivity index is 1.39. The zero-order valence-corrected chi connectivity index (χ0v) is 24.2. The maximum absolute atomic E-state index is 16.1. The fourth-order valence-electron chi connectivity index (χ4n) is 7.01. The lowest BCUT2D eigenvalue weighted by Crippen LogP contribution is -2.38. The molecule has 214 valence electrons. The monoisotopic (exact) mass is 566 g/mol. The Kier molecular flexibility index (Phi) is 7.55. The molecule has 0 bridgehead atoms. The van der Waals surface area contributed by atoms with Gasteiger partial charge in [0.25, 0.3) is 0 Å². The van der Waals surface area contributed by atoms with Crippen LogP contribution in [0.2, 0.25) is 0 Å². The molecule has 1 fully saturated rings. The molecule has 5 aromatic rings. The molecule has 2 heterocycles. The van der Waals surface area contributed by atoms with Crippen molar-refractivity contribution in [3.05, 3.63) is 160 Å². The number of aromatic nitrogens is 3. The zero-order chi connectivity index (χ0) is 29.1. The Hall–Kier alpha value is -4.64. The summed E-state index contributed by atoms with van der Waals surface area (Å²) in [6.07, 6.45) is 13.1. The van der Waals surface area contributed by atoms with Crippen LogP contribution in [0.4, 0.5) is 4.39 Å². The molecule has 0 saturated heterocycles. The Labute approximate surface area is 252 Å². The zero-order valence-electron chi connectivity index (χ0n) is 24.2. The van der Waals surface area contributed by atoms with Crippen molar-refractivity contribution in [3.8, 4) is 0 Å². The lowest BCUT2D eigenvalue weighted by atomic mass is 9.62. The van der Waals surface area contributed by atoms with Gasteiger partial charge in [0, 0.05) is 35.2 Å². The van der Waals surface area contributed by atoms with E-state index in [1.165, 1.54) is 37.7 Å². The number of benzene rings is 3. The van der Waals surface area contributed by atoms with E-state index in [2.05, 4.69) is 52.7 Å². The van der Waals surface area contributed by atoms with Gasteiger partial charge in [-0.3, -0.25) is 15.1 Å². The number of hydrogen-bond acceptors (Lipinski definition) is 3. The molecular formula is C38H35FN4. The van der Waals surface area contributed by atoms with Crippen molar-refractivity contribution in [1.29, 1.82) is 0 Å². The Morgan fingerprint density at radius 3 is 2.16 bits per heavy atom. The number of fused-ring (bicyclic) bond motifs is 1. The van der Waals surface area contributed by atoms with Crippen molar-refractivity contribution >= 4 is 11.8 Å². The molecule has 0 amide bonds. The number of allylic oxidation sites excluding steroid dienone is 1. The molecule has 0 aliphatic heterocycles. The van der Waals surface area contributed by atoms with Crippen LogP contribution in [0.5, 0.6) is 0 Å². The molecule has 43 heavy (non-hydrogen) atoms. The van der Waals surface area contributed by atoms with Crippen LogP contribution in [0.3, 0.4) is 0 Å². The SMILES string of the molecule is Fc1ccccc1C(C1=Cc2cn[nH]c2CC1=NCc1ccc(C2CCCCC2)cn1)(c1ccccc1)c1ccccc1. The predicted molar refractivity (Wildman–Crippen MR) is 171 cm³/mol. The minimum Gasteiger partial charge on any atom is -0.283 e. The maximum Gasteiger partial charge on any atom is 0.127 e. The number of halogens is 1. The summed E-state index contributed by atoms with van der Waals surface area (Å²) in [4.78, 5) is 10.1. The van der Waals surface area contributed by atoms with Crippen molar-refractivity contribution in [2.45, 2.75) is 56.4 Å². The average molecular weight is 567 g/mol. The molecule has 7 rings (SSSR count). The van der Waals surface area contributed by atoms with Crippen LogP contribution in [-0.4, -0.2) is 20.9 Å². The normalized spacial score (nSPS) is 16.6. The second kappa shape index (κ2) is 11.9. The number of hydrogen-bond donors (Lipinski definition) is 1. The second-order valence-corrected chi connectivity index (χ2v) is 11.7. The second-order valence-electron chi connectivity index (χ2n) is 11.7. The van der Waals surface area contributed by atoms with Gasteiger partial charge in [-0.05, 0) is 59.2 Å². The molecule has 1 N–H and O–H groups in total. The number of pyridine rings is 1. The average Bonchev–Trinajstić information content (AvgIpc) is 3.54. The fourth-order valence-corrected chi connectivity index (χ4v) is 7.01. The smallest absolute Gasteiger partial charge is 0.127 e. The van der Waals surface area contributed by atoms with Crippen molar-refractivity contribution in [3.63, 3.8) is 0 Å². The van der Waals surface area contributed by atoms with Crippen LogP contribution >= 0.6 is 0 Å². The Morgan fingerprint density at radius 2 is 1.49 bits per heavy atom. The van der Waals surface area contributed by atoms with E-state index in [-0.39, 0.29) is 5.82 Å². The van der Waals surface area contributed by atoms with Crippen molar-refractivity contribution in [2.24, 2.45) is 4.99 Å². The third-order valence-corrected chi connectivity index (χ3v) is 9.16. The van der Waals surface area contributed by atoms with Gasteiger partial charge in [0.05, 0.1) is 23.9 Å². The van der Waals surface area contributed by atoms with Crippen LogP contribution in [0.1, 0.15) is 77.2 Å². The number of nitrogens with zero attached hydrogens (tertiary/aromatic N) is 3. The highest BCUT2D eigenvalue weighted by atomic mass is 19.1. The van der Waals surface area contributed by atoms with Gasteiger partial charge < -0.3 is 0 Å². The molecule has 0 atom stereocenters. The molecule has 2 aromatic heterocycles. The maximum atomic E-state index is 16.1. The van der Waals surface area contributed by atoms with E-state index in [0.29, 0.717) is 24.4 Å². The summed E-state index contributed by atoms with van der Waals surface area (Å²) in [5.41, 5.74) is 7.71. The summed E-state index contributed by atoms with van der Waals surface area (Å²) >= 11 is 0. The van der Waals surface area contributed by atoms with E-state index in [1.54, 1.807) is 12.1 Å². The van der Waals surface area contributed by atoms with Crippen molar-refractivity contribution < 1.29 is 4.39 Å². The summed E-state index contributed by atoms with van der Waals surface area (Å²) in [7, 11) is 0. The third kappa shape index (κ3) is 5.14. The summed E-state index contributed by atoms with van der Waals surface area (Å²) in [5.74, 6) is 0.361. The minimum atomic E-state index is -0.945. The van der Waals surface area contributed by atoms with Crippen LogP contribution in [-0.2, 0) is 18.4 Å². The molecule has 0 spiro atoms. The first-order valence-corrected chi connectivity index (χ1v) is 15.3. The van der Waals surface area contributed by atoms with Gasteiger partial charge in [-0.1, -0.05) is 104 Å². The van der Waals surface area contributed by atoms with Gasteiger partial charge >= 0.3 is 0 Å². The number of aromatic amines is 1. The quantitative estimate of drug-likeness (QED) is 0.201. The largest absolute Gasteiger partial charge is 0.283 e. The Morgan fingerprint density at radius 1 is 0.791 bits per heavy atom. The molecule has 1 saturated carbocycles. The lowest BCUT2D eigenvalue weighted by molar-refractivity contribution is 0.443. The molecule has 4 nitrogen and oxygen atoms in total. The molecule has 2 aliphatic rings. The standard InChI is InChI=1S/C38H35FN4/c39-35-19-11-10-18-33(35)38(30-14-6-2-7-15-30,31-16-8-3-9-17-31)34-22-29-25-42-43-36(29)23-37(34)41-26-32-21-20-28(24-40-32)27-12-4-1-5-13-27/h2-3,6-11,14-22,24-25,27H,1,4-5,12-13,23,26H2,(H,42,43). The highest BCUT2D eigenvalue weighted by molar-refractivity contribution is 6.10. The van der Waals surface area contributed by atoms with E-state index in [9.17, 15) is 0 Å². The minimum absolute atomic E-state index is 0.256. The number of aliphatic imine (C=N–C) groups is 1. The molecule has 0 radical (unpaired) electrons. The first kappa shape index (κ1) is 27.2. The first-order valence-electron chi connectivity index (χ1n) is 15.3. The van der Waals surface area contributed by atoms with Gasteiger partial charge in [0.2, 0.25) is 0 Å². The van der Waals surface area contributed by atoms with Crippen LogP contribution in [0.15, 0.2) is 120 Å². The van der Waals surface area contributed by atoms with E-state index in [1.807, 2.05) is 60.9 Å². The number of rotatable bonds is 7. The van der Waals surface area contributed by atoms with Crippen molar-refractivity contribution in [2.75, 3.05) is 0 Å². The van der Waals surface area contributed by atoms with Gasteiger partial charge in [0.1, 0.15) is 5.82 Å². The summed E-state index contributed by atoms with van der Waals surface area (Å²) < 4.78 is 16.1. The topological polar surface area (TPSA) is 53.9 Å². The molecule has 3 aromatic carbocycles. The van der Waals surface area contributed by atoms with E-state index in [0.717, 1.165) is 39.4 Å². The predicted octanol–water partition coefficient (Wildman–Crippen LogP) is 8.61. The van der Waals surface area contributed by atoms with Gasteiger partial charge in [-0.15, -0.1) is 0 Å². The van der Waals surface area contributed by atoms with E-state index < -0.39 is 5.41 Å². The van der Waals surface area contributed by atoms with Crippen molar-refractivity contribution in [1.82, 2.24) is 15.2 Å². The molecular weight excluding hydrogens is 531 g/mol. The van der Waals surface area contributed by atoms with E-state index >= 15 is 4.39 Å². The number of H-pyrrole nitrogens is 1. The molecule has 5 heteroatoms. The van der Waals surface area contributed by atoms with Gasteiger partial charge in [-0.25, -0.2) is 4.39 Å². The summed E-state index contributed by atoms with van der Waals surface area (Å²) in [6, 6.07) is 32.0. The van der Waals surface area contributed by atoms with E-state index in [4.69, 9.17) is 9.98 Å². The van der Waals surface area contributed by atoms with Crippen LogP contribution < -0.4 is 0 Å². The Bertz CT molecular complexity index is 1710.